The third kappa shape index (κ3) is 3.61. The van der Waals surface area contributed by atoms with E-state index in [0.29, 0.717) is 18.9 Å². The average Bonchev–Trinajstić information content (AvgIpc) is 3.09. The number of anilines is 1. The number of para-hydroxylation sites is 1. The van der Waals surface area contributed by atoms with Crippen LogP contribution in [0.2, 0.25) is 0 Å². The van der Waals surface area contributed by atoms with Gasteiger partial charge in [0.15, 0.2) is 0 Å². The number of imidazole rings is 1. The Labute approximate surface area is 143 Å². The number of rotatable bonds is 5. The summed E-state index contributed by atoms with van der Waals surface area (Å²) in [4.78, 5) is 19.0. The summed E-state index contributed by atoms with van der Waals surface area (Å²) in [6.07, 6.45) is 8.21. The highest BCUT2D eigenvalue weighted by atomic mass is 16.2. The van der Waals surface area contributed by atoms with Crippen molar-refractivity contribution in [3.8, 4) is 0 Å². The first kappa shape index (κ1) is 16.6. The number of aromatic nitrogens is 2. The molecule has 5 nitrogen and oxygen atoms in total. The Balaban J connectivity index is 1.60. The number of nitrogens with two attached hydrogens (primary N) is 1. The van der Waals surface area contributed by atoms with Crippen LogP contribution in [0.1, 0.15) is 43.6 Å². The summed E-state index contributed by atoms with van der Waals surface area (Å²) in [5.74, 6) is 1.33. The second-order valence-electron chi connectivity index (χ2n) is 6.44. The van der Waals surface area contributed by atoms with Crippen molar-refractivity contribution in [2.75, 3.05) is 18.8 Å². The normalized spacial score (nSPS) is 17.9. The molecule has 1 aromatic carbocycles. The van der Waals surface area contributed by atoms with Crippen LogP contribution in [0, 0.1) is 0 Å². The van der Waals surface area contributed by atoms with Gasteiger partial charge in [-0.3, -0.25) is 4.79 Å². The van der Waals surface area contributed by atoms with Crippen molar-refractivity contribution in [3.05, 3.63) is 48.0 Å². The summed E-state index contributed by atoms with van der Waals surface area (Å²) >= 11 is 0. The number of carbonyl (C=O) groups is 1. The maximum absolute atomic E-state index is 12.6. The average molecular weight is 326 g/mol. The van der Waals surface area contributed by atoms with Gasteiger partial charge < -0.3 is 15.2 Å². The monoisotopic (exact) mass is 326 g/mol. The van der Waals surface area contributed by atoms with Gasteiger partial charge in [-0.1, -0.05) is 25.1 Å². The minimum Gasteiger partial charge on any atom is -0.399 e. The van der Waals surface area contributed by atoms with Gasteiger partial charge in [0.25, 0.3) is 0 Å². The number of aryl methyl sites for hydroxylation is 2. The highest BCUT2D eigenvalue weighted by molar-refractivity contribution is 5.76. The highest BCUT2D eigenvalue weighted by Crippen LogP contribution is 2.24. The smallest absolute Gasteiger partial charge is 0.222 e. The van der Waals surface area contributed by atoms with E-state index in [1.165, 1.54) is 0 Å². The minimum absolute atomic E-state index is 0.223. The van der Waals surface area contributed by atoms with E-state index in [1.807, 2.05) is 41.6 Å². The molecule has 1 saturated heterocycles. The molecule has 1 fully saturated rings. The lowest BCUT2D eigenvalue weighted by atomic mass is 10.0. The summed E-state index contributed by atoms with van der Waals surface area (Å²) < 4.78 is 2.24. The number of nitrogens with zero attached hydrogens (tertiary/aromatic N) is 3. The zero-order chi connectivity index (χ0) is 16.9. The Hall–Kier alpha value is -2.30. The van der Waals surface area contributed by atoms with Crippen molar-refractivity contribution >= 4 is 11.6 Å². The summed E-state index contributed by atoms with van der Waals surface area (Å²) in [6.45, 7) is 3.76. The summed E-state index contributed by atoms with van der Waals surface area (Å²) in [5.41, 5.74) is 7.80. The van der Waals surface area contributed by atoms with Crippen LogP contribution in [-0.2, 0) is 17.6 Å². The molecular weight excluding hydrogens is 300 g/mol. The molecule has 1 atom stereocenters. The van der Waals surface area contributed by atoms with E-state index >= 15 is 0 Å². The predicted molar refractivity (Wildman–Crippen MR) is 95.6 cm³/mol. The lowest BCUT2D eigenvalue weighted by Crippen LogP contribution is -2.41. The molecule has 1 unspecified atom stereocenters. The standard InChI is InChI=1S/C19H26N4O/c1-2-18-21-11-13-23(18)16-7-5-12-22(14-16)19(24)10-9-15-6-3-4-8-17(15)20/h3-4,6,8,11,13,16H,2,5,7,9-10,12,14,20H2,1H3. The Morgan fingerprint density at radius 2 is 2.21 bits per heavy atom. The van der Waals surface area contributed by atoms with Gasteiger partial charge in [-0.15, -0.1) is 0 Å². The Kier molecular flexibility index (Phi) is 5.18. The molecule has 3 rings (SSSR count). The molecule has 0 bridgehead atoms. The molecule has 0 aliphatic carbocycles. The second kappa shape index (κ2) is 7.51. The van der Waals surface area contributed by atoms with E-state index in [4.69, 9.17) is 5.73 Å². The van der Waals surface area contributed by atoms with Crippen LogP contribution in [0.25, 0.3) is 0 Å². The maximum atomic E-state index is 12.6. The number of piperidine rings is 1. The van der Waals surface area contributed by atoms with Crippen LogP contribution in [0.4, 0.5) is 5.69 Å². The van der Waals surface area contributed by atoms with Crippen LogP contribution in [0.3, 0.4) is 0 Å². The zero-order valence-electron chi connectivity index (χ0n) is 14.3. The molecule has 0 radical (unpaired) electrons. The van der Waals surface area contributed by atoms with E-state index < -0.39 is 0 Å². The van der Waals surface area contributed by atoms with Gasteiger partial charge in [-0.25, -0.2) is 4.98 Å². The molecule has 5 heteroatoms. The van der Waals surface area contributed by atoms with E-state index in [0.717, 1.165) is 49.4 Å². The van der Waals surface area contributed by atoms with E-state index in [-0.39, 0.29) is 5.91 Å². The van der Waals surface area contributed by atoms with Crippen LogP contribution in [-0.4, -0.2) is 33.4 Å². The number of benzene rings is 1. The molecule has 2 aromatic rings. The lowest BCUT2D eigenvalue weighted by Gasteiger charge is -2.34. The van der Waals surface area contributed by atoms with Crippen LogP contribution in [0.15, 0.2) is 36.7 Å². The van der Waals surface area contributed by atoms with Crippen molar-refractivity contribution in [2.45, 2.75) is 45.1 Å². The Bertz CT molecular complexity index is 694. The summed E-state index contributed by atoms with van der Waals surface area (Å²) in [7, 11) is 0. The molecule has 1 aromatic heterocycles. The third-order valence-electron chi connectivity index (χ3n) is 4.87. The van der Waals surface area contributed by atoms with Crippen molar-refractivity contribution < 1.29 is 4.79 Å². The van der Waals surface area contributed by atoms with E-state index in [1.54, 1.807) is 0 Å². The number of amides is 1. The topological polar surface area (TPSA) is 64.2 Å². The maximum Gasteiger partial charge on any atom is 0.222 e. The van der Waals surface area contributed by atoms with Crippen molar-refractivity contribution in [3.63, 3.8) is 0 Å². The third-order valence-corrected chi connectivity index (χ3v) is 4.87. The fraction of sp³-hybridized carbons (Fsp3) is 0.474. The second-order valence-corrected chi connectivity index (χ2v) is 6.44. The molecule has 0 saturated carbocycles. The molecule has 128 valence electrons. The van der Waals surface area contributed by atoms with E-state index in [2.05, 4.69) is 16.5 Å². The van der Waals surface area contributed by atoms with Crippen molar-refractivity contribution in [1.29, 1.82) is 0 Å². The van der Waals surface area contributed by atoms with Gasteiger partial charge in [-0.05, 0) is 30.9 Å². The fourth-order valence-corrected chi connectivity index (χ4v) is 3.52. The molecule has 2 N–H and O–H groups in total. The molecule has 0 spiro atoms. The molecule has 1 aliphatic heterocycles. The quantitative estimate of drug-likeness (QED) is 0.859. The molecule has 1 amide bonds. The number of carbonyl (C=O) groups excluding carboxylic acids is 1. The highest BCUT2D eigenvalue weighted by Gasteiger charge is 2.25. The first-order valence-corrected chi connectivity index (χ1v) is 8.82. The van der Waals surface area contributed by atoms with Crippen LogP contribution in [0.5, 0.6) is 0 Å². The fourth-order valence-electron chi connectivity index (χ4n) is 3.52. The SMILES string of the molecule is CCc1nccn1C1CCCN(C(=O)CCc2ccccc2N)C1. The number of hydrogen-bond donors (Lipinski definition) is 1. The number of hydrogen-bond acceptors (Lipinski definition) is 3. The summed E-state index contributed by atoms with van der Waals surface area (Å²) in [5, 5.41) is 0. The summed E-state index contributed by atoms with van der Waals surface area (Å²) in [6, 6.07) is 8.13. The predicted octanol–water partition coefficient (Wildman–Crippen LogP) is 2.82. The molecule has 24 heavy (non-hydrogen) atoms. The minimum atomic E-state index is 0.223. The Morgan fingerprint density at radius 3 is 3.00 bits per heavy atom. The molecule has 1 aliphatic rings. The largest absolute Gasteiger partial charge is 0.399 e. The van der Waals surface area contributed by atoms with Crippen LogP contribution >= 0.6 is 0 Å². The van der Waals surface area contributed by atoms with Gasteiger partial charge in [0, 0.05) is 44.0 Å². The van der Waals surface area contributed by atoms with Gasteiger partial charge >= 0.3 is 0 Å². The van der Waals surface area contributed by atoms with Crippen molar-refractivity contribution in [1.82, 2.24) is 14.5 Å². The zero-order valence-corrected chi connectivity index (χ0v) is 14.3. The van der Waals surface area contributed by atoms with Crippen molar-refractivity contribution in [2.24, 2.45) is 0 Å². The van der Waals surface area contributed by atoms with Gasteiger partial charge in [0.2, 0.25) is 5.91 Å². The van der Waals surface area contributed by atoms with Gasteiger partial charge in [-0.2, -0.15) is 0 Å². The Morgan fingerprint density at radius 1 is 1.38 bits per heavy atom. The lowest BCUT2D eigenvalue weighted by molar-refractivity contribution is -0.132. The van der Waals surface area contributed by atoms with Gasteiger partial charge in [0.05, 0.1) is 6.04 Å². The van der Waals surface area contributed by atoms with Gasteiger partial charge in [0.1, 0.15) is 5.82 Å². The molecule has 2 heterocycles. The molecular formula is C19H26N4O. The first-order chi connectivity index (χ1) is 11.7. The number of likely N-dealkylation sites (tertiary alicyclic amines) is 1. The van der Waals surface area contributed by atoms with Crippen LogP contribution < -0.4 is 5.73 Å². The number of nitrogen functional groups attached to an aromatic ring is 1. The van der Waals surface area contributed by atoms with E-state index in [9.17, 15) is 4.79 Å². The first-order valence-electron chi connectivity index (χ1n) is 8.82.